The van der Waals surface area contributed by atoms with Gasteiger partial charge in [-0.3, -0.25) is 5.10 Å². The molecule has 1 heterocycles. The summed E-state index contributed by atoms with van der Waals surface area (Å²) in [6.45, 7) is 3.81. The Morgan fingerprint density at radius 2 is 2.29 bits per heavy atom. The highest BCUT2D eigenvalue weighted by Crippen LogP contribution is 2.07. The number of aromatic nitrogens is 2. The van der Waals surface area contributed by atoms with E-state index in [0.717, 1.165) is 25.3 Å². The average Bonchev–Trinajstić information content (AvgIpc) is 2.58. The van der Waals surface area contributed by atoms with E-state index >= 15 is 0 Å². The van der Waals surface area contributed by atoms with E-state index in [1.807, 2.05) is 20.0 Å². The Hall–Kier alpha value is -1.03. The third-order valence-electron chi connectivity index (χ3n) is 2.00. The van der Waals surface area contributed by atoms with Crippen molar-refractivity contribution in [3.05, 3.63) is 11.8 Å². The Balaban J connectivity index is 1.99. The lowest BCUT2D eigenvalue weighted by atomic mass is 10.2. The molecule has 0 atom stereocenters. The summed E-state index contributed by atoms with van der Waals surface area (Å²) in [7, 11) is 1.98. The second-order valence-electron chi connectivity index (χ2n) is 3.40. The van der Waals surface area contributed by atoms with Gasteiger partial charge in [0.2, 0.25) is 5.88 Å². The van der Waals surface area contributed by atoms with Crippen LogP contribution in [0.4, 0.5) is 0 Å². The number of nitrogens with one attached hydrogen (secondary N) is 2. The fraction of sp³-hybridized carbons (Fsp3) is 0.700. The zero-order chi connectivity index (χ0) is 10.2. The van der Waals surface area contributed by atoms with Gasteiger partial charge in [-0.05, 0) is 39.8 Å². The van der Waals surface area contributed by atoms with E-state index < -0.39 is 0 Å². The molecular formula is C10H19N3O. The van der Waals surface area contributed by atoms with Crippen molar-refractivity contribution in [2.24, 2.45) is 0 Å². The van der Waals surface area contributed by atoms with Crippen LogP contribution in [0.3, 0.4) is 0 Å². The molecule has 0 fully saturated rings. The number of ether oxygens (including phenoxy) is 1. The number of aromatic amines is 1. The van der Waals surface area contributed by atoms with Crippen LogP contribution in [-0.4, -0.2) is 30.4 Å². The summed E-state index contributed by atoms with van der Waals surface area (Å²) in [5, 5.41) is 9.96. The molecule has 0 amide bonds. The molecule has 0 saturated carbocycles. The maximum absolute atomic E-state index is 5.44. The van der Waals surface area contributed by atoms with Crippen molar-refractivity contribution < 1.29 is 4.74 Å². The molecule has 4 heteroatoms. The van der Waals surface area contributed by atoms with Gasteiger partial charge in [-0.25, -0.2) is 0 Å². The third-order valence-corrected chi connectivity index (χ3v) is 2.00. The number of unbranched alkanes of at least 4 members (excludes halogenated alkanes) is 2. The standard InChI is InChI=1S/C10H19N3O/c1-9-8-10(13-12-9)14-7-5-3-4-6-11-2/h8,11H,3-7H2,1-2H3,(H,12,13). The number of nitrogens with zero attached hydrogens (tertiary/aromatic N) is 1. The minimum atomic E-state index is 0.705. The fourth-order valence-electron chi connectivity index (χ4n) is 1.22. The number of rotatable bonds is 7. The van der Waals surface area contributed by atoms with Gasteiger partial charge in [0.25, 0.3) is 0 Å². The van der Waals surface area contributed by atoms with Gasteiger partial charge in [0, 0.05) is 11.8 Å². The van der Waals surface area contributed by atoms with Crippen LogP contribution in [0.25, 0.3) is 0 Å². The topological polar surface area (TPSA) is 49.9 Å². The molecule has 2 N–H and O–H groups in total. The van der Waals surface area contributed by atoms with Gasteiger partial charge < -0.3 is 10.1 Å². The number of H-pyrrole nitrogens is 1. The lowest BCUT2D eigenvalue weighted by Gasteiger charge is -2.02. The van der Waals surface area contributed by atoms with Gasteiger partial charge in [0.05, 0.1) is 6.61 Å². The van der Waals surface area contributed by atoms with E-state index in [0.29, 0.717) is 5.88 Å². The molecule has 1 aromatic rings. The molecule has 4 nitrogen and oxygen atoms in total. The zero-order valence-electron chi connectivity index (χ0n) is 8.97. The maximum Gasteiger partial charge on any atom is 0.232 e. The molecule has 0 aromatic carbocycles. The molecule has 0 radical (unpaired) electrons. The number of aryl methyl sites for hydroxylation is 1. The van der Waals surface area contributed by atoms with Crippen molar-refractivity contribution in [1.29, 1.82) is 0 Å². The molecule has 0 aliphatic rings. The van der Waals surface area contributed by atoms with Gasteiger partial charge in [-0.2, -0.15) is 0 Å². The first-order chi connectivity index (χ1) is 6.83. The van der Waals surface area contributed by atoms with Gasteiger partial charge in [0.15, 0.2) is 0 Å². The van der Waals surface area contributed by atoms with Crippen LogP contribution in [0.2, 0.25) is 0 Å². The molecule has 0 saturated heterocycles. The monoisotopic (exact) mass is 197 g/mol. The highest BCUT2D eigenvalue weighted by molar-refractivity contribution is 5.11. The van der Waals surface area contributed by atoms with E-state index in [1.165, 1.54) is 12.8 Å². The van der Waals surface area contributed by atoms with Crippen LogP contribution < -0.4 is 10.1 Å². The molecular weight excluding hydrogens is 178 g/mol. The summed E-state index contributed by atoms with van der Waals surface area (Å²) >= 11 is 0. The van der Waals surface area contributed by atoms with Crippen LogP contribution in [-0.2, 0) is 0 Å². The van der Waals surface area contributed by atoms with Gasteiger partial charge in [0.1, 0.15) is 0 Å². The Labute approximate surface area is 85.0 Å². The van der Waals surface area contributed by atoms with Crippen LogP contribution in [0.15, 0.2) is 6.07 Å². The molecule has 0 unspecified atom stereocenters. The van der Waals surface area contributed by atoms with Gasteiger partial charge in [-0.1, -0.05) is 0 Å². The first-order valence-corrected chi connectivity index (χ1v) is 5.12. The molecule has 80 valence electrons. The lowest BCUT2D eigenvalue weighted by molar-refractivity contribution is 0.293. The molecule has 0 aliphatic heterocycles. The van der Waals surface area contributed by atoms with E-state index in [2.05, 4.69) is 15.5 Å². The second-order valence-corrected chi connectivity index (χ2v) is 3.40. The summed E-state index contributed by atoms with van der Waals surface area (Å²) in [6, 6.07) is 1.91. The largest absolute Gasteiger partial charge is 0.477 e. The van der Waals surface area contributed by atoms with Gasteiger partial charge in [-0.15, -0.1) is 5.10 Å². The average molecular weight is 197 g/mol. The van der Waals surface area contributed by atoms with E-state index in [1.54, 1.807) is 0 Å². The first kappa shape index (κ1) is 11.0. The fourth-order valence-corrected chi connectivity index (χ4v) is 1.22. The minimum absolute atomic E-state index is 0.705. The molecule has 14 heavy (non-hydrogen) atoms. The predicted octanol–water partition coefficient (Wildman–Crippen LogP) is 1.49. The zero-order valence-corrected chi connectivity index (χ0v) is 8.97. The Bertz CT molecular complexity index is 247. The maximum atomic E-state index is 5.44. The van der Waals surface area contributed by atoms with Crippen molar-refractivity contribution in [1.82, 2.24) is 15.5 Å². The second kappa shape index (κ2) is 6.43. The highest BCUT2D eigenvalue weighted by Gasteiger charge is 1.97. The van der Waals surface area contributed by atoms with Crippen LogP contribution in [0, 0.1) is 6.92 Å². The number of hydrogen-bond donors (Lipinski definition) is 2. The SMILES string of the molecule is CNCCCCCOc1cc(C)[nH]n1. The van der Waals surface area contributed by atoms with Crippen LogP contribution >= 0.6 is 0 Å². The Kier molecular flexibility index (Phi) is 5.07. The highest BCUT2D eigenvalue weighted by atomic mass is 16.5. The van der Waals surface area contributed by atoms with Crippen molar-refractivity contribution in [3.8, 4) is 5.88 Å². The van der Waals surface area contributed by atoms with Crippen molar-refractivity contribution in [2.75, 3.05) is 20.2 Å². The van der Waals surface area contributed by atoms with E-state index in [4.69, 9.17) is 4.74 Å². The molecule has 1 rings (SSSR count). The Morgan fingerprint density at radius 3 is 2.93 bits per heavy atom. The molecule has 1 aromatic heterocycles. The normalized spacial score (nSPS) is 10.4. The summed E-state index contributed by atoms with van der Waals surface area (Å²) in [5.41, 5.74) is 1.04. The summed E-state index contributed by atoms with van der Waals surface area (Å²) in [6.07, 6.45) is 3.50. The quantitative estimate of drug-likeness (QED) is 0.651. The molecule has 0 spiro atoms. The third kappa shape index (κ3) is 4.28. The summed E-state index contributed by atoms with van der Waals surface area (Å²) in [4.78, 5) is 0. The van der Waals surface area contributed by atoms with E-state index in [-0.39, 0.29) is 0 Å². The van der Waals surface area contributed by atoms with E-state index in [9.17, 15) is 0 Å². The van der Waals surface area contributed by atoms with Crippen molar-refractivity contribution in [3.63, 3.8) is 0 Å². The van der Waals surface area contributed by atoms with Crippen LogP contribution in [0.1, 0.15) is 25.0 Å². The predicted molar refractivity (Wildman–Crippen MR) is 56.6 cm³/mol. The first-order valence-electron chi connectivity index (χ1n) is 5.12. The Morgan fingerprint density at radius 1 is 1.43 bits per heavy atom. The van der Waals surface area contributed by atoms with Crippen LogP contribution in [0.5, 0.6) is 5.88 Å². The lowest BCUT2D eigenvalue weighted by Crippen LogP contribution is -2.07. The summed E-state index contributed by atoms with van der Waals surface area (Å²) in [5.74, 6) is 0.705. The van der Waals surface area contributed by atoms with Crippen molar-refractivity contribution in [2.45, 2.75) is 26.2 Å². The minimum Gasteiger partial charge on any atom is -0.477 e. The molecule has 0 aliphatic carbocycles. The van der Waals surface area contributed by atoms with Gasteiger partial charge >= 0.3 is 0 Å². The van der Waals surface area contributed by atoms with Crippen molar-refractivity contribution >= 4 is 0 Å². The number of hydrogen-bond acceptors (Lipinski definition) is 3. The smallest absolute Gasteiger partial charge is 0.232 e. The molecule has 0 bridgehead atoms. The summed E-state index contributed by atoms with van der Waals surface area (Å²) < 4.78 is 5.44.